The number of hydrogen-bond donors (Lipinski definition) is 1. The number of carbonyl (C=O) groups excluding carboxylic acids is 1. The topological polar surface area (TPSA) is 41.5 Å². The highest BCUT2D eigenvalue weighted by Gasteiger charge is 2.07. The van der Waals surface area contributed by atoms with E-state index in [0.717, 1.165) is 29.0 Å². The van der Waals surface area contributed by atoms with Gasteiger partial charge in [0.15, 0.2) is 0 Å². The van der Waals surface area contributed by atoms with Crippen molar-refractivity contribution < 1.29 is 4.79 Å². The molecule has 3 nitrogen and oxygen atoms in total. The van der Waals surface area contributed by atoms with Gasteiger partial charge in [-0.1, -0.05) is 67.6 Å². The Hall–Kier alpha value is -2.07. The van der Waals surface area contributed by atoms with Gasteiger partial charge in [0.25, 0.3) is 0 Å². The average molecular weight is 312 g/mol. The maximum atomic E-state index is 11.8. The molecule has 114 valence electrons. The molecule has 1 amide bonds. The largest absolute Gasteiger partial charge is 0.272 e. The van der Waals surface area contributed by atoms with Crippen LogP contribution in [0.15, 0.2) is 65.8 Å². The van der Waals surface area contributed by atoms with Crippen LogP contribution in [0.5, 0.6) is 0 Å². The van der Waals surface area contributed by atoms with Gasteiger partial charge in [-0.05, 0) is 12.2 Å². The van der Waals surface area contributed by atoms with E-state index in [1.54, 1.807) is 11.8 Å². The molecular weight excluding hydrogens is 292 g/mol. The lowest BCUT2D eigenvalue weighted by molar-refractivity contribution is -0.118. The molecule has 1 N–H and O–H groups in total. The molecule has 0 bridgehead atoms. The summed E-state index contributed by atoms with van der Waals surface area (Å²) in [4.78, 5) is 11.8. The minimum Gasteiger partial charge on any atom is -0.272 e. The number of nitrogens with one attached hydrogen (secondary N) is 1. The van der Waals surface area contributed by atoms with Crippen LogP contribution in [0.25, 0.3) is 0 Å². The van der Waals surface area contributed by atoms with Crippen LogP contribution in [-0.4, -0.2) is 23.1 Å². The van der Waals surface area contributed by atoms with Crippen LogP contribution in [0.4, 0.5) is 0 Å². The van der Waals surface area contributed by atoms with Gasteiger partial charge in [0.05, 0.1) is 11.5 Å². The summed E-state index contributed by atoms with van der Waals surface area (Å²) >= 11 is 1.62. The number of benzene rings is 2. The summed E-state index contributed by atoms with van der Waals surface area (Å²) in [6.45, 7) is 2.10. The van der Waals surface area contributed by atoms with E-state index in [1.165, 1.54) is 0 Å². The molecule has 0 atom stereocenters. The first kappa shape index (κ1) is 16.3. The Morgan fingerprint density at radius 2 is 1.55 bits per heavy atom. The average Bonchev–Trinajstić information content (AvgIpc) is 2.57. The molecule has 0 radical (unpaired) electrons. The summed E-state index contributed by atoms with van der Waals surface area (Å²) in [6.07, 6.45) is 1.07. The molecule has 4 heteroatoms. The van der Waals surface area contributed by atoms with Crippen molar-refractivity contribution in [2.24, 2.45) is 5.10 Å². The highest BCUT2D eigenvalue weighted by Crippen LogP contribution is 2.10. The van der Waals surface area contributed by atoms with Gasteiger partial charge in [0, 0.05) is 11.1 Å². The summed E-state index contributed by atoms with van der Waals surface area (Å²) in [5.74, 6) is 1.36. The van der Waals surface area contributed by atoms with Crippen molar-refractivity contribution in [2.75, 3.05) is 11.5 Å². The van der Waals surface area contributed by atoms with Gasteiger partial charge in [-0.3, -0.25) is 4.79 Å². The minimum absolute atomic E-state index is 0.0668. The summed E-state index contributed by atoms with van der Waals surface area (Å²) < 4.78 is 0. The summed E-state index contributed by atoms with van der Waals surface area (Å²) in [7, 11) is 0. The van der Waals surface area contributed by atoms with E-state index < -0.39 is 0 Å². The molecule has 0 aliphatic heterocycles. The van der Waals surface area contributed by atoms with Crippen LogP contribution >= 0.6 is 11.8 Å². The van der Waals surface area contributed by atoms with Crippen molar-refractivity contribution in [1.29, 1.82) is 0 Å². The number of carbonyl (C=O) groups is 1. The number of nitrogens with zero attached hydrogens (tertiary/aromatic N) is 1. The normalized spacial score (nSPS) is 10.0. The van der Waals surface area contributed by atoms with Gasteiger partial charge in [-0.15, -0.1) is 0 Å². The Morgan fingerprint density at radius 3 is 2.05 bits per heavy atom. The molecule has 0 aliphatic carbocycles. The van der Waals surface area contributed by atoms with Gasteiger partial charge in [0.1, 0.15) is 0 Å². The van der Waals surface area contributed by atoms with Crippen molar-refractivity contribution in [3.63, 3.8) is 0 Å². The van der Waals surface area contributed by atoms with Gasteiger partial charge >= 0.3 is 0 Å². The lowest BCUT2D eigenvalue weighted by Crippen LogP contribution is -2.22. The van der Waals surface area contributed by atoms with Crippen LogP contribution in [0.2, 0.25) is 0 Å². The first-order valence-electron chi connectivity index (χ1n) is 7.36. The number of thioether (sulfide) groups is 1. The lowest BCUT2D eigenvalue weighted by atomic mass is 10.0. The van der Waals surface area contributed by atoms with Gasteiger partial charge in [-0.2, -0.15) is 16.9 Å². The Balaban J connectivity index is 2.15. The fraction of sp³-hybridized carbons (Fsp3) is 0.222. The molecule has 0 unspecified atom stereocenters. The van der Waals surface area contributed by atoms with Crippen LogP contribution in [0.3, 0.4) is 0 Å². The fourth-order valence-electron chi connectivity index (χ4n) is 1.95. The molecule has 0 spiro atoms. The van der Waals surface area contributed by atoms with E-state index in [0.29, 0.717) is 5.75 Å². The van der Waals surface area contributed by atoms with Crippen LogP contribution in [0, 0.1) is 0 Å². The molecule has 2 rings (SSSR count). The SMILES string of the molecule is CCCSCC(=O)NN=C(c1ccccc1)c1ccccc1. The molecular formula is C18H20N2OS. The third-order valence-electron chi connectivity index (χ3n) is 2.97. The predicted molar refractivity (Wildman–Crippen MR) is 94.3 cm³/mol. The molecule has 0 fully saturated rings. The smallest absolute Gasteiger partial charge is 0.250 e. The van der Waals surface area contributed by atoms with Crippen molar-refractivity contribution in [3.8, 4) is 0 Å². The Kier molecular flexibility index (Phi) is 6.71. The highest BCUT2D eigenvalue weighted by molar-refractivity contribution is 7.99. The molecule has 0 saturated carbocycles. The van der Waals surface area contributed by atoms with E-state index in [1.807, 2.05) is 60.7 Å². The second-order valence-corrected chi connectivity index (χ2v) is 5.89. The standard InChI is InChI=1S/C18H20N2OS/c1-2-13-22-14-17(21)19-20-18(15-9-5-3-6-10-15)16-11-7-4-8-12-16/h3-12H,2,13-14H2,1H3,(H,19,21). The molecule has 22 heavy (non-hydrogen) atoms. The molecule has 2 aromatic carbocycles. The minimum atomic E-state index is -0.0668. The van der Waals surface area contributed by atoms with E-state index >= 15 is 0 Å². The second-order valence-electron chi connectivity index (χ2n) is 4.78. The predicted octanol–water partition coefficient (Wildman–Crippen LogP) is 3.70. The quantitative estimate of drug-likeness (QED) is 0.481. The van der Waals surface area contributed by atoms with Crippen molar-refractivity contribution in [1.82, 2.24) is 5.43 Å². The Morgan fingerprint density at radius 1 is 1.00 bits per heavy atom. The number of hydrazone groups is 1. The second kappa shape index (κ2) is 9.05. The zero-order valence-electron chi connectivity index (χ0n) is 12.7. The van der Waals surface area contributed by atoms with E-state index in [4.69, 9.17) is 0 Å². The van der Waals surface area contributed by atoms with E-state index in [2.05, 4.69) is 17.5 Å². The molecule has 0 aromatic heterocycles. The van der Waals surface area contributed by atoms with Gasteiger partial charge in [0.2, 0.25) is 5.91 Å². The van der Waals surface area contributed by atoms with Crippen LogP contribution < -0.4 is 5.43 Å². The van der Waals surface area contributed by atoms with Gasteiger partial charge in [-0.25, -0.2) is 5.43 Å². The zero-order chi connectivity index (χ0) is 15.6. The molecule has 2 aromatic rings. The number of hydrogen-bond acceptors (Lipinski definition) is 3. The summed E-state index contributed by atoms with van der Waals surface area (Å²) in [5, 5.41) is 4.35. The Bertz CT molecular complexity index is 570. The van der Waals surface area contributed by atoms with Crippen LogP contribution in [-0.2, 0) is 4.79 Å². The van der Waals surface area contributed by atoms with Crippen molar-refractivity contribution in [3.05, 3.63) is 71.8 Å². The van der Waals surface area contributed by atoms with E-state index in [-0.39, 0.29) is 5.91 Å². The van der Waals surface area contributed by atoms with E-state index in [9.17, 15) is 4.79 Å². The first-order valence-corrected chi connectivity index (χ1v) is 8.52. The molecule has 0 saturated heterocycles. The monoisotopic (exact) mass is 312 g/mol. The van der Waals surface area contributed by atoms with Crippen molar-refractivity contribution in [2.45, 2.75) is 13.3 Å². The van der Waals surface area contributed by atoms with Crippen molar-refractivity contribution >= 4 is 23.4 Å². The maximum absolute atomic E-state index is 11.8. The summed E-state index contributed by atoms with van der Waals surface area (Å²) in [6, 6.07) is 19.7. The fourth-order valence-corrected chi connectivity index (χ4v) is 2.63. The lowest BCUT2D eigenvalue weighted by Gasteiger charge is -2.08. The first-order chi connectivity index (χ1) is 10.8. The Labute approximate surface area is 135 Å². The van der Waals surface area contributed by atoms with Gasteiger partial charge < -0.3 is 0 Å². The maximum Gasteiger partial charge on any atom is 0.250 e. The summed E-state index contributed by atoms with van der Waals surface area (Å²) in [5.41, 5.74) is 5.40. The van der Waals surface area contributed by atoms with Crippen LogP contribution in [0.1, 0.15) is 24.5 Å². The molecule has 0 heterocycles. The number of amides is 1. The zero-order valence-corrected chi connectivity index (χ0v) is 13.5. The third-order valence-corrected chi connectivity index (χ3v) is 4.13. The highest BCUT2D eigenvalue weighted by atomic mass is 32.2. The molecule has 0 aliphatic rings. The third kappa shape index (κ3) is 5.04. The number of rotatable bonds is 7.